The molecule has 30 heavy (non-hydrogen) atoms. The molecule has 0 bridgehead atoms. The fourth-order valence-electron chi connectivity index (χ4n) is 4.58. The summed E-state index contributed by atoms with van der Waals surface area (Å²) < 4.78 is 17.0. The van der Waals surface area contributed by atoms with Crippen LogP contribution in [0.2, 0.25) is 0 Å². The number of methoxy groups -OCH3 is 1. The number of rotatable bonds is 5. The summed E-state index contributed by atoms with van der Waals surface area (Å²) in [4.78, 5) is 17.5. The molecule has 2 atom stereocenters. The average Bonchev–Trinajstić information content (AvgIpc) is 3.39. The normalized spacial score (nSPS) is 19.9. The fourth-order valence-corrected chi connectivity index (χ4v) is 4.58. The maximum absolute atomic E-state index is 12.9. The third-order valence-corrected chi connectivity index (χ3v) is 6.16. The molecule has 2 aliphatic heterocycles. The van der Waals surface area contributed by atoms with E-state index < -0.39 is 0 Å². The average molecular weight is 405 g/mol. The van der Waals surface area contributed by atoms with Crippen molar-refractivity contribution >= 4 is 22.8 Å². The van der Waals surface area contributed by atoms with Gasteiger partial charge in [0.15, 0.2) is 17.3 Å². The summed E-state index contributed by atoms with van der Waals surface area (Å²) in [6, 6.07) is 10.1. The van der Waals surface area contributed by atoms with E-state index in [1.54, 1.807) is 13.2 Å². The smallest absolute Gasteiger partial charge is 0.231 e. The van der Waals surface area contributed by atoms with Crippen LogP contribution in [-0.2, 0) is 11.2 Å². The number of allylic oxidation sites excluding steroid dienone is 1. The van der Waals surface area contributed by atoms with E-state index in [1.807, 2.05) is 36.5 Å². The molecule has 3 heterocycles. The highest BCUT2D eigenvalue weighted by molar-refractivity contribution is 5.97. The molecular formula is C24H25N2O4+. The van der Waals surface area contributed by atoms with Crippen molar-refractivity contribution in [2.24, 2.45) is 0 Å². The summed E-state index contributed by atoms with van der Waals surface area (Å²) in [5.41, 5.74) is 4.33. The van der Waals surface area contributed by atoms with Gasteiger partial charge in [-0.1, -0.05) is 18.2 Å². The molecule has 1 unspecified atom stereocenters. The lowest BCUT2D eigenvalue weighted by Gasteiger charge is -2.32. The third-order valence-electron chi connectivity index (χ3n) is 6.16. The van der Waals surface area contributed by atoms with Crippen LogP contribution in [0, 0.1) is 0 Å². The lowest BCUT2D eigenvalue weighted by molar-refractivity contribution is -0.914. The molecule has 0 fully saturated rings. The Morgan fingerprint density at radius 2 is 2.20 bits per heavy atom. The van der Waals surface area contributed by atoms with Gasteiger partial charge in [-0.2, -0.15) is 0 Å². The van der Waals surface area contributed by atoms with Crippen molar-refractivity contribution in [2.75, 3.05) is 27.5 Å². The molecule has 154 valence electrons. The molecule has 0 spiro atoms. The zero-order chi connectivity index (χ0) is 20.7. The van der Waals surface area contributed by atoms with Gasteiger partial charge in [0, 0.05) is 23.5 Å². The summed E-state index contributed by atoms with van der Waals surface area (Å²) in [6.07, 6.45) is 6.86. The van der Waals surface area contributed by atoms with Crippen molar-refractivity contribution in [1.29, 1.82) is 0 Å². The van der Waals surface area contributed by atoms with E-state index in [0.29, 0.717) is 17.9 Å². The first-order valence-corrected chi connectivity index (χ1v) is 10.2. The third kappa shape index (κ3) is 3.13. The largest absolute Gasteiger partial charge is 0.492 e. The summed E-state index contributed by atoms with van der Waals surface area (Å²) >= 11 is 0. The number of benzene rings is 2. The molecule has 2 aliphatic rings. The Balaban J connectivity index is 1.43. The van der Waals surface area contributed by atoms with Gasteiger partial charge in [-0.25, -0.2) is 0 Å². The second kappa shape index (κ2) is 7.54. The highest BCUT2D eigenvalue weighted by Crippen LogP contribution is 2.47. The van der Waals surface area contributed by atoms with E-state index in [0.717, 1.165) is 40.7 Å². The number of aromatic nitrogens is 1. The molecule has 6 heteroatoms. The van der Waals surface area contributed by atoms with Crippen LogP contribution < -0.4 is 19.1 Å². The van der Waals surface area contributed by atoms with Crippen LogP contribution in [0.3, 0.4) is 0 Å². The van der Waals surface area contributed by atoms with Crippen LogP contribution in [0.15, 0.2) is 42.6 Å². The molecule has 0 saturated carbocycles. The second-order valence-corrected chi connectivity index (χ2v) is 7.91. The van der Waals surface area contributed by atoms with Gasteiger partial charge < -0.3 is 24.1 Å². The number of nitrogens with one attached hydrogen (secondary N) is 2. The number of hydrogen-bond donors (Lipinski definition) is 2. The first-order valence-electron chi connectivity index (χ1n) is 10.2. The number of likely N-dealkylation sites (N-methyl/N-ethyl adjacent to an activating group) is 1. The highest BCUT2D eigenvalue weighted by Gasteiger charge is 2.37. The Labute approximate surface area is 175 Å². The number of fused-ring (bicyclic) bond motifs is 3. The van der Waals surface area contributed by atoms with Crippen molar-refractivity contribution < 1.29 is 23.9 Å². The van der Waals surface area contributed by atoms with Crippen LogP contribution >= 0.6 is 0 Å². The fraction of sp³-hybridized carbons (Fsp3) is 0.292. The molecule has 0 saturated heterocycles. The number of ketones is 1. The molecule has 1 aromatic heterocycles. The van der Waals surface area contributed by atoms with E-state index in [-0.39, 0.29) is 18.6 Å². The number of carbonyl (C=O) groups is 1. The maximum Gasteiger partial charge on any atom is 0.231 e. The van der Waals surface area contributed by atoms with Crippen LogP contribution in [0.1, 0.15) is 29.2 Å². The standard InChI is InChI=1S/C24H24N2O4/c1-26-10-9-15-11-21-23(30-14-29-21)24(28-2)22(15)20(26)12-17(27)8-7-16-13-25-19-6-4-3-5-18(16)19/h3-8,11,13,20,25H,9-10,12,14H2,1-2H3/p+1/b8-7+/t20-/m0/s1. The quantitative estimate of drug-likeness (QED) is 0.641. The van der Waals surface area contributed by atoms with Gasteiger partial charge in [0.05, 0.1) is 32.7 Å². The molecule has 2 N–H and O–H groups in total. The van der Waals surface area contributed by atoms with Gasteiger partial charge in [0.25, 0.3) is 0 Å². The Morgan fingerprint density at radius 3 is 3.07 bits per heavy atom. The Bertz CT molecular complexity index is 1150. The van der Waals surface area contributed by atoms with E-state index in [1.165, 1.54) is 10.5 Å². The molecular weight excluding hydrogens is 380 g/mol. The van der Waals surface area contributed by atoms with Gasteiger partial charge in [-0.3, -0.25) is 4.79 Å². The topological polar surface area (TPSA) is 65.0 Å². The van der Waals surface area contributed by atoms with Gasteiger partial charge in [-0.05, 0) is 35.4 Å². The zero-order valence-corrected chi connectivity index (χ0v) is 17.2. The number of para-hydroxylation sites is 1. The molecule has 2 aromatic carbocycles. The maximum atomic E-state index is 12.9. The highest BCUT2D eigenvalue weighted by atomic mass is 16.7. The Morgan fingerprint density at radius 1 is 1.33 bits per heavy atom. The number of hydrogen-bond acceptors (Lipinski definition) is 4. The van der Waals surface area contributed by atoms with Gasteiger partial charge in [0.2, 0.25) is 12.5 Å². The van der Waals surface area contributed by atoms with Crippen molar-refractivity contribution in [2.45, 2.75) is 18.9 Å². The Hall–Kier alpha value is -3.25. The SMILES string of the molecule is COc1c2c(cc3c1[C@H](CC(=O)/C=C/c1c[nH]c4ccccc14)[NH+](C)CC3)OCO2. The summed E-state index contributed by atoms with van der Waals surface area (Å²) in [5, 5.41) is 1.11. The predicted molar refractivity (Wildman–Crippen MR) is 114 cm³/mol. The van der Waals surface area contributed by atoms with E-state index >= 15 is 0 Å². The monoisotopic (exact) mass is 405 g/mol. The van der Waals surface area contributed by atoms with E-state index in [9.17, 15) is 4.79 Å². The first kappa shape index (κ1) is 18.8. The lowest BCUT2D eigenvalue weighted by Crippen LogP contribution is -3.10. The minimum Gasteiger partial charge on any atom is -0.492 e. The van der Waals surface area contributed by atoms with Crippen molar-refractivity contribution in [3.63, 3.8) is 0 Å². The van der Waals surface area contributed by atoms with Crippen LogP contribution in [0.4, 0.5) is 0 Å². The number of aromatic amines is 1. The van der Waals surface area contributed by atoms with Gasteiger partial charge >= 0.3 is 0 Å². The van der Waals surface area contributed by atoms with Crippen molar-refractivity contribution in [3.05, 3.63) is 59.3 Å². The van der Waals surface area contributed by atoms with Crippen LogP contribution in [0.25, 0.3) is 17.0 Å². The van der Waals surface area contributed by atoms with Crippen LogP contribution in [0.5, 0.6) is 17.2 Å². The molecule has 0 radical (unpaired) electrons. The molecule has 5 rings (SSSR count). The molecule has 3 aromatic rings. The summed E-state index contributed by atoms with van der Waals surface area (Å²) in [5.74, 6) is 2.18. The minimum atomic E-state index is 0.0123. The molecule has 6 nitrogen and oxygen atoms in total. The molecule has 0 aliphatic carbocycles. The van der Waals surface area contributed by atoms with Crippen molar-refractivity contribution in [1.82, 2.24) is 4.98 Å². The van der Waals surface area contributed by atoms with E-state index in [2.05, 4.69) is 18.1 Å². The minimum absolute atomic E-state index is 0.0123. The summed E-state index contributed by atoms with van der Waals surface area (Å²) in [7, 11) is 3.78. The number of ether oxygens (including phenoxy) is 3. The number of carbonyl (C=O) groups excluding carboxylic acids is 1. The van der Waals surface area contributed by atoms with Crippen molar-refractivity contribution in [3.8, 4) is 17.2 Å². The number of quaternary nitrogens is 1. The predicted octanol–water partition coefficient (Wildman–Crippen LogP) is 2.69. The van der Waals surface area contributed by atoms with E-state index in [4.69, 9.17) is 14.2 Å². The summed E-state index contributed by atoms with van der Waals surface area (Å²) in [6.45, 7) is 1.16. The van der Waals surface area contributed by atoms with Crippen LogP contribution in [-0.4, -0.2) is 38.3 Å². The second-order valence-electron chi connectivity index (χ2n) is 7.91. The Kier molecular flexibility index (Phi) is 4.71. The lowest BCUT2D eigenvalue weighted by atomic mass is 9.88. The zero-order valence-electron chi connectivity index (χ0n) is 17.2. The van der Waals surface area contributed by atoms with Gasteiger partial charge in [0.1, 0.15) is 6.04 Å². The van der Waals surface area contributed by atoms with Gasteiger partial charge in [-0.15, -0.1) is 0 Å². The first-order chi connectivity index (χ1) is 14.7. The number of H-pyrrole nitrogens is 1. The molecule has 0 amide bonds.